The lowest BCUT2D eigenvalue weighted by atomic mass is 10.1. The molecule has 1 atom stereocenters. The standard InChI is InChI=1S/C16H18FNO2/c1-11(19)16-14(9-6-10-15(16)20-3)18(2)13-8-5-4-7-12(13)17/h4-11,19H,1-3H3. The van der Waals surface area contributed by atoms with E-state index in [-0.39, 0.29) is 5.82 Å². The molecular formula is C16H18FNO2. The minimum atomic E-state index is -0.713. The van der Waals surface area contributed by atoms with Crippen molar-refractivity contribution in [1.82, 2.24) is 0 Å². The lowest BCUT2D eigenvalue weighted by molar-refractivity contribution is 0.195. The summed E-state index contributed by atoms with van der Waals surface area (Å²) in [7, 11) is 3.31. The third kappa shape index (κ3) is 2.60. The first kappa shape index (κ1) is 14.3. The molecule has 0 saturated carbocycles. The van der Waals surface area contributed by atoms with Gasteiger partial charge in [-0.25, -0.2) is 4.39 Å². The van der Waals surface area contributed by atoms with E-state index in [1.165, 1.54) is 6.07 Å². The van der Waals surface area contributed by atoms with Crippen molar-refractivity contribution >= 4 is 11.4 Å². The average molecular weight is 275 g/mol. The summed E-state index contributed by atoms with van der Waals surface area (Å²) in [5.41, 5.74) is 1.80. The Balaban J connectivity index is 2.55. The van der Waals surface area contributed by atoms with Gasteiger partial charge < -0.3 is 14.7 Å². The number of methoxy groups -OCH3 is 1. The second kappa shape index (κ2) is 5.92. The normalized spacial score (nSPS) is 12.1. The molecule has 1 N–H and O–H groups in total. The Kier molecular flexibility index (Phi) is 4.25. The predicted octanol–water partition coefficient (Wildman–Crippen LogP) is 3.66. The average Bonchev–Trinajstić information content (AvgIpc) is 2.46. The van der Waals surface area contributed by atoms with Crippen molar-refractivity contribution in [1.29, 1.82) is 0 Å². The number of ether oxygens (including phenoxy) is 1. The highest BCUT2D eigenvalue weighted by atomic mass is 19.1. The van der Waals surface area contributed by atoms with Crippen LogP contribution in [0.3, 0.4) is 0 Å². The molecule has 0 radical (unpaired) electrons. The van der Waals surface area contributed by atoms with Gasteiger partial charge in [0.05, 0.1) is 24.6 Å². The van der Waals surface area contributed by atoms with Gasteiger partial charge in [-0.1, -0.05) is 18.2 Å². The quantitative estimate of drug-likeness (QED) is 0.924. The van der Waals surface area contributed by atoms with Crippen LogP contribution in [-0.2, 0) is 0 Å². The van der Waals surface area contributed by atoms with Gasteiger partial charge in [0.15, 0.2) is 0 Å². The van der Waals surface area contributed by atoms with E-state index >= 15 is 0 Å². The van der Waals surface area contributed by atoms with E-state index in [0.29, 0.717) is 22.7 Å². The van der Waals surface area contributed by atoms with E-state index in [1.807, 2.05) is 12.1 Å². The fraction of sp³-hybridized carbons (Fsp3) is 0.250. The summed E-state index contributed by atoms with van der Waals surface area (Å²) in [6, 6.07) is 12.0. The molecule has 3 nitrogen and oxygen atoms in total. The summed E-state index contributed by atoms with van der Waals surface area (Å²) in [6.45, 7) is 1.66. The van der Waals surface area contributed by atoms with Gasteiger partial charge in [0.25, 0.3) is 0 Å². The fourth-order valence-electron chi connectivity index (χ4n) is 2.28. The molecule has 0 heterocycles. The molecule has 0 aliphatic rings. The molecule has 0 aromatic heterocycles. The molecule has 20 heavy (non-hydrogen) atoms. The first-order valence-corrected chi connectivity index (χ1v) is 6.39. The zero-order chi connectivity index (χ0) is 14.7. The second-order valence-electron chi connectivity index (χ2n) is 4.58. The number of rotatable bonds is 4. The van der Waals surface area contributed by atoms with Crippen LogP contribution in [-0.4, -0.2) is 19.3 Å². The van der Waals surface area contributed by atoms with Gasteiger partial charge in [-0.05, 0) is 31.2 Å². The lowest BCUT2D eigenvalue weighted by Crippen LogP contribution is -2.15. The van der Waals surface area contributed by atoms with Gasteiger partial charge in [-0.15, -0.1) is 0 Å². The van der Waals surface area contributed by atoms with Crippen LogP contribution in [0.1, 0.15) is 18.6 Å². The van der Waals surface area contributed by atoms with E-state index in [4.69, 9.17) is 4.74 Å². The molecule has 1 unspecified atom stereocenters. The maximum Gasteiger partial charge on any atom is 0.146 e. The Bertz CT molecular complexity index is 599. The van der Waals surface area contributed by atoms with Crippen LogP contribution >= 0.6 is 0 Å². The zero-order valence-electron chi connectivity index (χ0n) is 11.8. The third-order valence-corrected chi connectivity index (χ3v) is 3.26. The molecular weight excluding hydrogens is 257 g/mol. The maximum atomic E-state index is 13.9. The number of benzene rings is 2. The molecule has 4 heteroatoms. The smallest absolute Gasteiger partial charge is 0.146 e. The summed E-state index contributed by atoms with van der Waals surface area (Å²) < 4.78 is 19.2. The third-order valence-electron chi connectivity index (χ3n) is 3.26. The van der Waals surface area contributed by atoms with E-state index in [9.17, 15) is 9.50 Å². The Morgan fingerprint density at radius 2 is 1.75 bits per heavy atom. The van der Waals surface area contributed by atoms with Crippen LogP contribution in [0, 0.1) is 5.82 Å². The van der Waals surface area contributed by atoms with Gasteiger partial charge in [-0.2, -0.15) is 0 Å². The topological polar surface area (TPSA) is 32.7 Å². The van der Waals surface area contributed by atoms with Crippen LogP contribution in [0.5, 0.6) is 5.75 Å². The van der Waals surface area contributed by atoms with E-state index in [2.05, 4.69) is 0 Å². The van der Waals surface area contributed by atoms with Crippen molar-refractivity contribution in [2.45, 2.75) is 13.0 Å². The van der Waals surface area contributed by atoms with Gasteiger partial charge in [0, 0.05) is 12.6 Å². The zero-order valence-corrected chi connectivity index (χ0v) is 11.8. The molecule has 106 valence electrons. The SMILES string of the molecule is COc1cccc(N(C)c2ccccc2F)c1C(C)O. The highest BCUT2D eigenvalue weighted by Crippen LogP contribution is 2.37. The number of anilines is 2. The van der Waals surface area contributed by atoms with E-state index in [0.717, 1.165) is 0 Å². The summed E-state index contributed by atoms with van der Waals surface area (Å²) in [6.07, 6.45) is -0.713. The van der Waals surface area contributed by atoms with Crippen molar-refractivity contribution in [3.63, 3.8) is 0 Å². The first-order valence-electron chi connectivity index (χ1n) is 6.39. The molecule has 0 fully saturated rings. The number of halogens is 1. The minimum absolute atomic E-state index is 0.311. The van der Waals surface area contributed by atoms with Gasteiger partial charge in [-0.3, -0.25) is 0 Å². The Labute approximate surface area is 118 Å². The van der Waals surface area contributed by atoms with Crippen molar-refractivity contribution in [3.05, 3.63) is 53.8 Å². The number of hydrogen-bond donors (Lipinski definition) is 1. The molecule has 2 aromatic carbocycles. The highest BCUT2D eigenvalue weighted by Gasteiger charge is 2.19. The molecule has 0 spiro atoms. The van der Waals surface area contributed by atoms with Crippen molar-refractivity contribution < 1.29 is 14.2 Å². The predicted molar refractivity (Wildman–Crippen MR) is 78.1 cm³/mol. The number of hydrogen-bond acceptors (Lipinski definition) is 3. The van der Waals surface area contributed by atoms with Crippen molar-refractivity contribution in [2.75, 3.05) is 19.1 Å². The van der Waals surface area contributed by atoms with Crippen molar-refractivity contribution in [3.8, 4) is 5.75 Å². The molecule has 0 bridgehead atoms. The second-order valence-corrected chi connectivity index (χ2v) is 4.58. The number of aliphatic hydroxyl groups excluding tert-OH is 1. The van der Waals surface area contributed by atoms with Gasteiger partial charge in [0.1, 0.15) is 11.6 Å². The van der Waals surface area contributed by atoms with Crippen LogP contribution in [0.25, 0.3) is 0 Å². The minimum Gasteiger partial charge on any atom is -0.496 e. The molecule has 0 amide bonds. The van der Waals surface area contributed by atoms with E-state index in [1.54, 1.807) is 50.2 Å². The summed E-state index contributed by atoms with van der Waals surface area (Å²) in [4.78, 5) is 1.71. The fourth-order valence-corrected chi connectivity index (χ4v) is 2.28. The van der Waals surface area contributed by atoms with Crippen molar-refractivity contribution in [2.24, 2.45) is 0 Å². The maximum absolute atomic E-state index is 13.9. The molecule has 2 aromatic rings. The summed E-state index contributed by atoms with van der Waals surface area (Å²) >= 11 is 0. The van der Waals surface area contributed by atoms with Crippen LogP contribution in [0.15, 0.2) is 42.5 Å². The number of nitrogens with zero attached hydrogens (tertiary/aromatic N) is 1. The highest BCUT2D eigenvalue weighted by molar-refractivity contribution is 5.69. The van der Waals surface area contributed by atoms with Crippen LogP contribution < -0.4 is 9.64 Å². The molecule has 0 aliphatic heterocycles. The molecule has 2 rings (SSSR count). The van der Waals surface area contributed by atoms with Gasteiger partial charge >= 0.3 is 0 Å². The van der Waals surface area contributed by atoms with Gasteiger partial charge in [0.2, 0.25) is 0 Å². The Morgan fingerprint density at radius 1 is 1.10 bits per heavy atom. The van der Waals surface area contributed by atoms with E-state index < -0.39 is 6.10 Å². The van der Waals surface area contributed by atoms with Crippen LogP contribution in [0.4, 0.5) is 15.8 Å². The summed E-state index contributed by atoms with van der Waals surface area (Å²) in [5, 5.41) is 9.98. The molecule has 0 aliphatic carbocycles. The summed E-state index contributed by atoms with van der Waals surface area (Å²) in [5.74, 6) is 0.273. The lowest BCUT2D eigenvalue weighted by Gasteiger charge is -2.25. The first-order chi connectivity index (χ1) is 9.56. The molecule has 0 saturated heterocycles. The Hall–Kier alpha value is -2.07. The monoisotopic (exact) mass is 275 g/mol. The number of aliphatic hydroxyl groups is 1. The largest absolute Gasteiger partial charge is 0.496 e. The Morgan fingerprint density at radius 3 is 2.35 bits per heavy atom. The number of para-hydroxylation sites is 1. The van der Waals surface area contributed by atoms with Crippen LogP contribution in [0.2, 0.25) is 0 Å².